The van der Waals surface area contributed by atoms with E-state index in [9.17, 15) is 4.21 Å². The molecule has 5 heteroatoms. The normalized spacial score (nSPS) is 26.6. The summed E-state index contributed by atoms with van der Waals surface area (Å²) in [5.74, 6) is 0.699. The van der Waals surface area contributed by atoms with E-state index >= 15 is 0 Å². The molecule has 102 valence electrons. The maximum absolute atomic E-state index is 12.7. The monoisotopic (exact) mass is 294 g/mol. The highest BCUT2D eigenvalue weighted by atomic mass is 32.2. The van der Waals surface area contributed by atoms with Crippen LogP contribution < -0.4 is 5.32 Å². The minimum absolute atomic E-state index is 0.579. The number of hydrogen-bond acceptors (Lipinski definition) is 3. The Labute approximate surface area is 122 Å². The number of nitrogens with one attached hydrogen (secondary N) is 1. The van der Waals surface area contributed by atoms with Crippen molar-refractivity contribution in [3.8, 4) is 0 Å². The molecule has 0 aliphatic carbocycles. The van der Waals surface area contributed by atoms with Crippen molar-refractivity contribution in [2.24, 2.45) is 0 Å². The van der Waals surface area contributed by atoms with Crippen LogP contribution in [-0.2, 0) is 15.5 Å². The number of aromatic nitrogens is 1. The summed E-state index contributed by atoms with van der Waals surface area (Å²) in [4.78, 5) is 4.81. The first-order valence-corrected chi connectivity index (χ1v) is 8.12. The third-order valence-corrected chi connectivity index (χ3v) is 6.10. The Hall–Kier alpha value is -1.07. The van der Waals surface area contributed by atoms with E-state index in [1.54, 1.807) is 18.5 Å². The van der Waals surface area contributed by atoms with Gasteiger partial charge >= 0.3 is 0 Å². The Morgan fingerprint density at radius 2 is 2.47 bits per heavy atom. The van der Waals surface area contributed by atoms with Crippen LogP contribution in [0.1, 0.15) is 24.8 Å². The van der Waals surface area contributed by atoms with Crippen LogP contribution in [0.3, 0.4) is 0 Å². The molecule has 0 unspecified atom stereocenters. The molecule has 1 aliphatic rings. The topological polar surface area (TPSA) is 42.0 Å². The molecular weight excluding hydrogens is 276 g/mol. The molecule has 0 spiro atoms. The van der Waals surface area contributed by atoms with Gasteiger partial charge in [0, 0.05) is 35.5 Å². The lowest BCUT2D eigenvalue weighted by atomic mass is 9.92. The molecule has 1 aromatic heterocycles. The molecule has 1 aliphatic heterocycles. The Morgan fingerprint density at radius 3 is 3.11 bits per heavy atom. The second-order valence-corrected chi connectivity index (χ2v) is 6.78. The molecular formula is C14H18N2OS2. The van der Waals surface area contributed by atoms with Gasteiger partial charge < -0.3 is 5.32 Å². The van der Waals surface area contributed by atoms with Crippen LogP contribution in [0.25, 0.3) is 0 Å². The zero-order valence-corrected chi connectivity index (χ0v) is 12.4. The Morgan fingerprint density at radius 1 is 1.63 bits per heavy atom. The van der Waals surface area contributed by atoms with Crippen LogP contribution in [0.4, 0.5) is 0 Å². The standard InChI is InChI=1S/C14H18N2OS2/c1-2-8-16-13(18)14(7-3-4-10-19(14)17)12-6-5-9-15-11-12/h2,5-6,9,11H,1,3-4,7-8,10H2,(H,16,18)/t14-,19+/m1/s1. The summed E-state index contributed by atoms with van der Waals surface area (Å²) >= 11 is 5.53. The van der Waals surface area contributed by atoms with Gasteiger partial charge in [0.05, 0.1) is 4.99 Å². The predicted molar refractivity (Wildman–Crippen MR) is 83.6 cm³/mol. The first kappa shape index (κ1) is 14.3. The van der Waals surface area contributed by atoms with Crippen molar-refractivity contribution in [3.63, 3.8) is 0 Å². The van der Waals surface area contributed by atoms with Crippen molar-refractivity contribution in [1.29, 1.82) is 0 Å². The van der Waals surface area contributed by atoms with E-state index in [0.717, 1.165) is 24.8 Å². The van der Waals surface area contributed by atoms with Gasteiger partial charge in [-0.15, -0.1) is 6.58 Å². The fourth-order valence-electron chi connectivity index (χ4n) is 2.43. The first-order valence-electron chi connectivity index (χ1n) is 6.40. The molecule has 0 amide bonds. The lowest BCUT2D eigenvalue weighted by molar-refractivity contribution is 0.572. The van der Waals surface area contributed by atoms with Gasteiger partial charge in [0.2, 0.25) is 0 Å². The van der Waals surface area contributed by atoms with E-state index in [1.807, 2.05) is 12.1 Å². The molecule has 2 rings (SSSR count). The second-order valence-electron chi connectivity index (χ2n) is 4.57. The third-order valence-electron chi connectivity index (χ3n) is 3.40. The minimum atomic E-state index is -0.999. The molecule has 0 bridgehead atoms. The Kier molecular flexibility index (Phi) is 4.82. The number of hydrogen-bond donors (Lipinski definition) is 1. The largest absolute Gasteiger partial charge is 0.375 e. The van der Waals surface area contributed by atoms with Gasteiger partial charge in [-0.2, -0.15) is 0 Å². The van der Waals surface area contributed by atoms with Gasteiger partial charge in [-0.1, -0.05) is 30.8 Å². The second kappa shape index (κ2) is 6.39. The highest BCUT2D eigenvalue weighted by Crippen LogP contribution is 2.38. The average Bonchev–Trinajstić information content (AvgIpc) is 2.46. The lowest BCUT2D eigenvalue weighted by Crippen LogP contribution is -2.49. The van der Waals surface area contributed by atoms with E-state index in [4.69, 9.17) is 12.2 Å². The maximum Gasteiger partial charge on any atom is 0.122 e. The summed E-state index contributed by atoms with van der Waals surface area (Å²) in [7, 11) is -0.999. The molecule has 2 atom stereocenters. The van der Waals surface area contributed by atoms with Crippen LogP contribution in [0, 0.1) is 0 Å². The predicted octanol–water partition coefficient (Wildman–Crippen LogP) is 2.31. The fraction of sp³-hybridized carbons (Fsp3) is 0.429. The fourth-order valence-corrected chi connectivity index (χ4v) is 4.86. The lowest BCUT2D eigenvalue weighted by Gasteiger charge is -2.37. The van der Waals surface area contributed by atoms with E-state index in [2.05, 4.69) is 16.9 Å². The summed E-state index contributed by atoms with van der Waals surface area (Å²) < 4.78 is 12.1. The molecule has 1 N–H and O–H groups in total. The molecule has 3 nitrogen and oxygen atoms in total. The van der Waals surface area contributed by atoms with Crippen LogP contribution in [0.2, 0.25) is 0 Å². The summed E-state index contributed by atoms with van der Waals surface area (Å²) in [6.07, 6.45) is 8.12. The van der Waals surface area contributed by atoms with Gasteiger partial charge in [-0.05, 0) is 24.5 Å². The van der Waals surface area contributed by atoms with E-state index in [-0.39, 0.29) is 0 Å². The van der Waals surface area contributed by atoms with Crippen molar-refractivity contribution in [3.05, 3.63) is 42.7 Å². The molecule has 0 aromatic carbocycles. The number of nitrogens with zero attached hydrogens (tertiary/aromatic N) is 1. The summed E-state index contributed by atoms with van der Waals surface area (Å²) in [6.45, 7) is 4.28. The van der Waals surface area contributed by atoms with Gasteiger partial charge in [-0.3, -0.25) is 9.19 Å². The molecule has 0 saturated carbocycles. The molecule has 19 heavy (non-hydrogen) atoms. The smallest absolute Gasteiger partial charge is 0.122 e. The average molecular weight is 294 g/mol. The SMILES string of the molecule is C=CCNC(=S)[C@]1(c2cccnc2)CCCC[S@@]1=O. The van der Waals surface area contributed by atoms with Crippen LogP contribution in [-0.4, -0.2) is 26.5 Å². The van der Waals surface area contributed by atoms with Crippen LogP contribution in [0.5, 0.6) is 0 Å². The quantitative estimate of drug-likeness (QED) is 0.683. The number of rotatable bonds is 4. The Balaban J connectivity index is 2.40. The van der Waals surface area contributed by atoms with Crippen LogP contribution >= 0.6 is 12.2 Å². The zero-order valence-electron chi connectivity index (χ0n) is 10.8. The molecule has 1 saturated heterocycles. The minimum Gasteiger partial charge on any atom is -0.375 e. The van der Waals surface area contributed by atoms with Gasteiger partial charge in [-0.25, -0.2) is 0 Å². The van der Waals surface area contributed by atoms with E-state index in [1.165, 1.54) is 0 Å². The highest BCUT2D eigenvalue weighted by molar-refractivity contribution is 7.90. The van der Waals surface area contributed by atoms with Crippen LogP contribution in [0.15, 0.2) is 37.2 Å². The van der Waals surface area contributed by atoms with Gasteiger partial charge in [0.25, 0.3) is 0 Å². The third kappa shape index (κ3) is 2.77. The van der Waals surface area contributed by atoms with E-state index < -0.39 is 15.5 Å². The summed E-state index contributed by atoms with van der Waals surface area (Å²) in [6, 6.07) is 3.84. The molecule has 0 radical (unpaired) electrons. The first-order chi connectivity index (χ1) is 9.21. The van der Waals surface area contributed by atoms with Crippen molar-refractivity contribution in [2.45, 2.75) is 24.0 Å². The van der Waals surface area contributed by atoms with Gasteiger partial charge in [0.15, 0.2) is 0 Å². The molecule has 2 heterocycles. The summed E-state index contributed by atoms with van der Waals surface area (Å²) in [5, 5.41) is 3.16. The maximum atomic E-state index is 12.7. The number of pyridine rings is 1. The van der Waals surface area contributed by atoms with Crippen molar-refractivity contribution in [1.82, 2.24) is 10.3 Å². The van der Waals surface area contributed by atoms with Crippen molar-refractivity contribution >= 4 is 28.0 Å². The molecule has 1 fully saturated rings. The van der Waals surface area contributed by atoms with Crippen molar-refractivity contribution in [2.75, 3.05) is 12.3 Å². The zero-order chi connectivity index (χ0) is 13.7. The van der Waals surface area contributed by atoms with Gasteiger partial charge in [0.1, 0.15) is 4.75 Å². The Bertz CT molecular complexity index is 489. The van der Waals surface area contributed by atoms with E-state index in [0.29, 0.717) is 17.3 Å². The highest BCUT2D eigenvalue weighted by Gasteiger charge is 2.44. The van der Waals surface area contributed by atoms with Crippen molar-refractivity contribution < 1.29 is 4.21 Å². The number of thiocarbonyl (C=S) groups is 1. The molecule has 1 aromatic rings. The summed E-state index contributed by atoms with van der Waals surface area (Å²) in [5.41, 5.74) is 0.953.